The number of rotatable bonds is 9. The Hall–Kier alpha value is -3.82. The topological polar surface area (TPSA) is 167 Å². The number of sulfonamides is 1. The van der Waals surface area contributed by atoms with Gasteiger partial charge in [-0.2, -0.15) is 4.31 Å². The zero-order valence-electron chi connectivity index (χ0n) is 20.3. The normalized spacial score (nSPS) is 14.1. The second-order valence-corrected chi connectivity index (χ2v) is 11.3. The molecule has 0 unspecified atom stereocenters. The molecule has 38 heavy (non-hydrogen) atoms. The Bertz CT molecular complexity index is 1470. The fourth-order valence-electron chi connectivity index (χ4n) is 3.74. The predicted molar refractivity (Wildman–Crippen MR) is 136 cm³/mol. The maximum atomic E-state index is 12.9. The van der Waals surface area contributed by atoms with Crippen molar-refractivity contribution in [2.75, 3.05) is 25.0 Å². The van der Waals surface area contributed by atoms with Crippen molar-refractivity contribution in [2.45, 2.75) is 34.2 Å². The van der Waals surface area contributed by atoms with Crippen LogP contribution < -0.4 is 5.32 Å². The highest BCUT2D eigenvalue weighted by Crippen LogP contribution is 2.34. The van der Waals surface area contributed by atoms with Gasteiger partial charge in [-0.3, -0.25) is 14.9 Å². The third kappa shape index (κ3) is 6.35. The van der Waals surface area contributed by atoms with Crippen LogP contribution in [0.5, 0.6) is 0 Å². The number of ether oxygens (including phenoxy) is 1. The molecule has 1 saturated heterocycles. The molecule has 2 heterocycles. The van der Waals surface area contributed by atoms with E-state index in [0.29, 0.717) is 18.2 Å². The lowest BCUT2D eigenvalue weighted by Gasteiger charge is -2.26. The smallest absolute Gasteiger partial charge is 0.338 e. The minimum Gasteiger partial charge on any atom is -0.452 e. The first-order valence-corrected chi connectivity index (χ1v) is 13.8. The van der Waals surface area contributed by atoms with Crippen LogP contribution in [0.1, 0.15) is 29.6 Å². The Morgan fingerprint density at radius 2 is 1.92 bits per heavy atom. The maximum absolute atomic E-state index is 12.9. The van der Waals surface area contributed by atoms with Crippen LogP contribution in [-0.2, 0) is 26.6 Å². The van der Waals surface area contributed by atoms with E-state index in [-0.39, 0.29) is 26.7 Å². The molecular weight excluding hydrogens is 536 g/mol. The maximum Gasteiger partial charge on any atom is 0.338 e. The summed E-state index contributed by atoms with van der Waals surface area (Å²) in [5.41, 5.74) is -0.213. The van der Waals surface area contributed by atoms with Crippen LogP contribution in [-0.4, -0.2) is 64.0 Å². The molecule has 1 N–H and O–H groups in total. The van der Waals surface area contributed by atoms with Crippen molar-refractivity contribution in [3.05, 3.63) is 64.5 Å². The lowest BCUT2D eigenvalue weighted by molar-refractivity contribution is -0.387. The minimum atomic E-state index is -3.68. The Morgan fingerprint density at radius 1 is 1.16 bits per heavy atom. The van der Waals surface area contributed by atoms with E-state index in [0.717, 1.165) is 37.1 Å². The van der Waals surface area contributed by atoms with Crippen molar-refractivity contribution in [3.63, 3.8) is 0 Å². The van der Waals surface area contributed by atoms with Crippen LogP contribution in [0.25, 0.3) is 0 Å². The Morgan fingerprint density at radius 3 is 2.61 bits per heavy atom. The average Bonchev–Trinajstić information content (AvgIpc) is 3.32. The number of nitrogens with zero attached hydrogens (tertiary/aromatic N) is 5. The number of piperidine rings is 1. The molecule has 1 aliphatic rings. The van der Waals surface area contributed by atoms with Crippen molar-refractivity contribution in [1.29, 1.82) is 0 Å². The Labute approximate surface area is 222 Å². The van der Waals surface area contributed by atoms with E-state index in [4.69, 9.17) is 4.74 Å². The predicted octanol–water partition coefficient (Wildman–Crippen LogP) is 2.84. The number of anilines is 1. The first kappa shape index (κ1) is 27.2. The summed E-state index contributed by atoms with van der Waals surface area (Å²) in [5.74, 6) is -1.63. The van der Waals surface area contributed by atoms with Gasteiger partial charge in [-0.05, 0) is 54.9 Å². The highest BCUT2D eigenvalue weighted by atomic mass is 32.2. The van der Waals surface area contributed by atoms with E-state index >= 15 is 0 Å². The van der Waals surface area contributed by atoms with E-state index in [1.54, 1.807) is 11.6 Å². The van der Waals surface area contributed by atoms with Gasteiger partial charge < -0.3 is 14.6 Å². The fourth-order valence-corrected chi connectivity index (χ4v) is 6.15. The summed E-state index contributed by atoms with van der Waals surface area (Å²) in [7, 11) is -2.00. The second kappa shape index (κ2) is 11.7. The van der Waals surface area contributed by atoms with E-state index in [9.17, 15) is 28.1 Å². The molecule has 4 rings (SSSR count). The number of carbonyl (C=O) groups excluding carboxylic acids is 2. The monoisotopic (exact) mass is 560 g/mol. The second-order valence-electron chi connectivity index (χ2n) is 8.38. The number of aromatic nitrogens is 3. The molecule has 0 aliphatic carbocycles. The number of benzene rings is 2. The highest BCUT2D eigenvalue weighted by Gasteiger charge is 2.26. The number of amides is 1. The summed E-state index contributed by atoms with van der Waals surface area (Å²) in [5, 5.41) is 22.1. The van der Waals surface area contributed by atoms with Gasteiger partial charge in [0, 0.05) is 31.9 Å². The van der Waals surface area contributed by atoms with E-state index < -0.39 is 33.4 Å². The summed E-state index contributed by atoms with van der Waals surface area (Å²) in [6.45, 7) is 0.227. The van der Waals surface area contributed by atoms with E-state index in [1.165, 1.54) is 47.0 Å². The fraction of sp³-hybridized carbons (Fsp3) is 0.304. The molecule has 13 nitrogen and oxygen atoms in total. The number of carbonyl (C=O) groups is 2. The van der Waals surface area contributed by atoms with Crippen LogP contribution in [0, 0.1) is 10.1 Å². The molecule has 0 spiro atoms. The molecule has 2 aromatic carbocycles. The van der Waals surface area contributed by atoms with Gasteiger partial charge in [-0.25, -0.2) is 13.2 Å². The van der Waals surface area contributed by atoms with E-state index in [1.807, 2.05) is 0 Å². The molecular formula is C23H24N6O7S2. The van der Waals surface area contributed by atoms with E-state index in [2.05, 4.69) is 15.5 Å². The van der Waals surface area contributed by atoms with Crippen molar-refractivity contribution in [2.24, 2.45) is 7.05 Å². The van der Waals surface area contributed by atoms with Gasteiger partial charge in [-0.1, -0.05) is 12.5 Å². The van der Waals surface area contributed by atoms with Crippen LogP contribution in [0.2, 0.25) is 0 Å². The zero-order chi connectivity index (χ0) is 27.3. The molecule has 1 aliphatic heterocycles. The average molecular weight is 561 g/mol. The zero-order valence-corrected chi connectivity index (χ0v) is 21.9. The Balaban J connectivity index is 1.38. The van der Waals surface area contributed by atoms with Gasteiger partial charge in [0.2, 0.25) is 10.0 Å². The van der Waals surface area contributed by atoms with Gasteiger partial charge in [-0.15, -0.1) is 10.2 Å². The van der Waals surface area contributed by atoms with Crippen LogP contribution >= 0.6 is 11.8 Å². The molecule has 0 saturated carbocycles. The number of hydrogen-bond acceptors (Lipinski definition) is 10. The van der Waals surface area contributed by atoms with Gasteiger partial charge in [0.25, 0.3) is 11.6 Å². The number of aryl methyl sites for hydroxylation is 1. The highest BCUT2D eigenvalue weighted by molar-refractivity contribution is 7.99. The molecule has 1 fully saturated rings. The third-order valence-electron chi connectivity index (χ3n) is 5.67. The van der Waals surface area contributed by atoms with Gasteiger partial charge in [0.05, 0.1) is 20.3 Å². The van der Waals surface area contributed by atoms with Crippen molar-refractivity contribution < 1.29 is 27.7 Å². The van der Waals surface area contributed by atoms with Crippen LogP contribution in [0.3, 0.4) is 0 Å². The molecule has 1 aromatic heterocycles. The lowest BCUT2D eigenvalue weighted by Crippen LogP contribution is -2.35. The van der Waals surface area contributed by atoms with Crippen molar-refractivity contribution >= 4 is 45.0 Å². The first-order valence-electron chi connectivity index (χ1n) is 11.5. The number of nitro benzene ring substituents is 1. The largest absolute Gasteiger partial charge is 0.452 e. The molecule has 3 aromatic rings. The van der Waals surface area contributed by atoms with Crippen molar-refractivity contribution in [1.82, 2.24) is 19.1 Å². The summed E-state index contributed by atoms with van der Waals surface area (Å²) in [4.78, 5) is 36.1. The first-order chi connectivity index (χ1) is 18.1. The molecule has 0 bridgehead atoms. The van der Waals surface area contributed by atoms with Crippen LogP contribution in [0.15, 0.2) is 63.7 Å². The summed E-state index contributed by atoms with van der Waals surface area (Å²) in [6, 6.07) is 9.64. The summed E-state index contributed by atoms with van der Waals surface area (Å²) in [6.07, 6.45) is 4.04. The molecule has 200 valence electrons. The van der Waals surface area contributed by atoms with Gasteiger partial charge in [0.1, 0.15) is 6.33 Å². The molecule has 15 heteroatoms. The van der Waals surface area contributed by atoms with Crippen LogP contribution in [0.4, 0.5) is 11.4 Å². The van der Waals surface area contributed by atoms with Crippen molar-refractivity contribution in [3.8, 4) is 0 Å². The quantitative estimate of drug-likeness (QED) is 0.233. The standard InChI is InChI=1S/C23H24N6O7S2/c1-27-15-24-26-23(27)37-20-9-8-16(12-19(20)29(32)33)22(31)36-14-21(30)25-17-6-5-7-18(13-17)38(34,35)28-10-3-2-4-11-28/h5-9,12-13,15H,2-4,10-11,14H2,1H3,(H,25,30). The number of nitrogens with one attached hydrogen (secondary N) is 1. The SMILES string of the molecule is Cn1cnnc1Sc1ccc(C(=O)OCC(=O)Nc2cccc(S(=O)(=O)N3CCCCC3)c2)cc1[N+](=O)[O-]. The van der Waals surface area contributed by atoms with Gasteiger partial charge >= 0.3 is 5.97 Å². The lowest BCUT2D eigenvalue weighted by atomic mass is 10.2. The summed E-state index contributed by atoms with van der Waals surface area (Å²) >= 11 is 1.01. The number of nitro groups is 1. The minimum absolute atomic E-state index is 0.0563. The Kier molecular flexibility index (Phi) is 8.38. The number of hydrogen-bond donors (Lipinski definition) is 1. The third-order valence-corrected chi connectivity index (χ3v) is 8.68. The molecule has 0 atom stereocenters. The summed E-state index contributed by atoms with van der Waals surface area (Å²) < 4.78 is 33.8. The van der Waals surface area contributed by atoms with Gasteiger partial charge in [0.15, 0.2) is 11.8 Å². The number of esters is 1. The molecule has 0 radical (unpaired) electrons. The molecule has 1 amide bonds.